The molecule has 0 bridgehead atoms. The van der Waals surface area contributed by atoms with Crippen LogP contribution in [-0.4, -0.2) is 13.2 Å². The highest BCUT2D eigenvalue weighted by atomic mass is 31.2. The van der Waals surface area contributed by atoms with Crippen molar-refractivity contribution in [3.05, 3.63) is 144 Å². The van der Waals surface area contributed by atoms with E-state index in [1.54, 1.807) is 0 Å². The fraction of sp³-hybridized carbons (Fsp3) is 0.200. The van der Waals surface area contributed by atoms with Crippen LogP contribution in [0.15, 0.2) is 121 Å². The van der Waals surface area contributed by atoms with Crippen LogP contribution in [-0.2, 0) is 19.2 Å². The molecule has 4 rings (SSSR count). The van der Waals surface area contributed by atoms with E-state index < -0.39 is 18.9 Å². The Hall–Kier alpha value is -3.01. The van der Waals surface area contributed by atoms with Gasteiger partial charge in [-0.05, 0) is 36.1 Å². The van der Waals surface area contributed by atoms with E-state index in [4.69, 9.17) is 9.05 Å². The minimum Gasteiger partial charge on any atom is -0.308 e. The summed E-state index contributed by atoms with van der Waals surface area (Å²) in [6.07, 6.45) is 0. The van der Waals surface area contributed by atoms with Gasteiger partial charge in [0.05, 0.1) is 18.8 Å². The zero-order valence-electron chi connectivity index (χ0n) is 20.2. The van der Waals surface area contributed by atoms with Crippen LogP contribution in [0.5, 0.6) is 0 Å². The number of rotatable bonds is 11. The Morgan fingerprint density at radius 1 is 0.629 bits per heavy atom. The summed E-state index contributed by atoms with van der Waals surface area (Å²) >= 11 is 0. The molecule has 0 fully saturated rings. The smallest absolute Gasteiger partial charge is 0.308 e. The molecule has 1 unspecified atom stereocenters. The normalized spacial score (nSPS) is 12.9. The highest BCUT2D eigenvalue weighted by Gasteiger charge is 2.45. The highest BCUT2D eigenvalue weighted by molar-refractivity contribution is 7.54. The van der Waals surface area contributed by atoms with Gasteiger partial charge in [0, 0.05) is 0 Å². The molecule has 0 aliphatic carbocycles. The summed E-state index contributed by atoms with van der Waals surface area (Å²) in [5, 5.41) is 3.83. The van der Waals surface area contributed by atoms with Crippen LogP contribution in [0.25, 0.3) is 0 Å². The lowest BCUT2D eigenvalue weighted by molar-refractivity contribution is 0.203. The molecule has 1 N–H and O–H groups in total. The number of nitrogens with one attached hydrogen (secondary N) is 1. The molecule has 0 saturated heterocycles. The number of benzene rings is 4. The summed E-state index contributed by atoms with van der Waals surface area (Å²) in [6, 6.07) is 40.5. The zero-order chi connectivity index (χ0) is 24.6. The van der Waals surface area contributed by atoms with Crippen molar-refractivity contribution < 1.29 is 13.6 Å². The Balaban J connectivity index is 2.02. The van der Waals surface area contributed by atoms with Crippen LogP contribution in [0.1, 0.15) is 41.9 Å². The topological polar surface area (TPSA) is 47.6 Å². The Morgan fingerprint density at radius 3 is 1.31 bits per heavy atom. The van der Waals surface area contributed by atoms with E-state index in [2.05, 4.69) is 41.7 Å². The first-order chi connectivity index (χ1) is 17.1. The van der Waals surface area contributed by atoms with Gasteiger partial charge in [0.1, 0.15) is 5.78 Å². The summed E-state index contributed by atoms with van der Waals surface area (Å²) in [7, 11) is -3.62. The van der Waals surface area contributed by atoms with E-state index in [9.17, 15) is 4.57 Å². The average Bonchev–Trinajstić information content (AvgIpc) is 2.92. The molecule has 0 radical (unpaired) electrons. The molecule has 0 aromatic heterocycles. The van der Waals surface area contributed by atoms with Crippen LogP contribution in [0.2, 0.25) is 0 Å². The van der Waals surface area contributed by atoms with Crippen LogP contribution in [0, 0.1) is 0 Å². The lowest BCUT2D eigenvalue weighted by atomic mass is 9.77. The summed E-state index contributed by atoms with van der Waals surface area (Å²) < 4.78 is 26.2. The van der Waals surface area contributed by atoms with Crippen molar-refractivity contribution in [1.82, 2.24) is 5.32 Å². The summed E-state index contributed by atoms with van der Waals surface area (Å²) in [5.41, 5.74) is 3.09. The standard InChI is InChI=1S/C30H32NO3P/c1-3-33-35(32,34-4-2)29(25-17-9-5-10-18-25)31-30(26-19-11-6-12-20-26,27-21-13-7-14-22-27)28-23-15-8-16-24-28/h5-24,29,31H,3-4H2,1-2H3. The Bertz CT molecular complexity index is 1110. The third kappa shape index (κ3) is 5.32. The summed E-state index contributed by atoms with van der Waals surface area (Å²) in [5.74, 6) is -0.718. The van der Waals surface area contributed by atoms with Gasteiger partial charge in [-0.25, -0.2) is 0 Å². The van der Waals surface area contributed by atoms with Crippen molar-refractivity contribution in [3.8, 4) is 0 Å². The largest absolute Gasteiger partial charge is 0.351 e. The van der Waals surface area contributed by atoms with Gasteiger partial charge in [-0.3, -0.25) is 9.88 Å². The SMILES string of the molecule is CCOP(=O)(OCC)C(NC(c1ccccc1)(c1ccccc1)c1ccccc1)c1ccccc1. The second kappa shape index (κ2) is 11.6. The monoisotopic (exact) mass is 485 g/mol. The summed E-state index contributed by atoms with van der Waals surface area (Å²) in [6.45, 7) is 4.23. The van der Waals surface area contributed by atoms with Gasteiger partial charge in [-0.15, -0.1) is 0 Å². The minimum absolute atomic E-state index is 0.275. The maximum absolute atomic E-state index is 14.4. The van der Waals surface area contributed by atoms with E-state index in [-0.39, 0.29) is 13.2 Å². The Labute approximate surface area is 208 Å². The molecule has 180 valence electrons. The van der Waals surface area contributed by atoms with Crippen molar-refractivity contribution in [2.75, 3.05) is 13.2 Å². The van der Waals surface area contributed by atoms with Gasteiger partial charge in [0.25, 0.3) is 0 Å². The first-order valence-corrected chi connectivity index (χ1v) is 13.6. The van der Waals surface area contributed by atoms with E-state index in [1.807, 2.05) is 98.8 Å². The molecule has 0 saturated carbocycles. The number of hydrogen-bond acceptors (Lipinski definition) is 4. The third-order valence-corrected chi connectivity index (χ3v) is 8.32. The van der Waals surface area contributed by atoms with Crippen molar-refractivity contribution in [1.29, 1.82) is 0 Å². The van der Waals surface area contributed by atoms with Crippen molar-refractivity contribution >= 4 is 7.60 Å². The molecule has 0 aliphatic rings. The maximum Gasteiger partial charge on any atom is 0.351 e. The van der Waals surface area contributed by atoms with Gasteiger partial charge < -0.3 is 9.05 Å². The molecule has 0 heterocycles. The zero-order valence-corrected chi connectivity index (χ0v) is 21.1. The van der Waals surface area contributed by atoms with Crippen LogP contribution < -0.4 is 5.32 Å². The minimum atomic E-state index is -3.62. The predicted molar refractivity (Wildman–Crippen MR) is 142 cm³/mol. The van der Waals surface area contributed by atoms with Crippen LogP contribution in [0.3, 0.4) is 0 Å². The first kappa shape index (κ1) is 25.1. The lowest BCUT2D eigenvalue weighted by Gasteiger charge is -2.41. The molecule has 0 amide bonds. The van der Waals surface area contributed by atoms with Crippen LogP contribution >= 0.6 is 7.60 Å². The second-order valence-electron chi connectivity index (χ2n) is 8.18. The fourth-order valence-corrected chi connectivity index (χ4v) is 6.53. The molecule has 0 spiro atoms. The van der Waals surface area contributed by atoms with Crippen molar-refractivity contribution in [2.45, 2.75) is 25.2 Å². The molecule has 4 nitrogen and oxygen atoms in total. The second-order valence-corrected chi connectivity index (χ2v) is 10.3. The first-order valence-electron chi connectivity index (χ1n) is 12.0. The predicted octanol–water partition coefficient (Wildman–Crippen LogP) is 7.53. The highest BCUT2D eigenvalue weighted by Crippen LogP contribution is 2.61. The van der Waals surface area contributed by atoms with Gasteiger partial charge in [0.15, 0.2) is 0 Å². The molecule has 4 aromatic rings. The molecule has 0 aliphatic heterocycles. The van der Waals surface area contributed by atoms with Crippen LogP contribution in [0.4, 0.5) is 0 Å². The molecular formula is C30H32NO3P. The molecule has 1 atom stereocenters. The summed E-state index contributed by atoms with van der Waals surface area (Å²) in [4.78, 5) is 0. The molecule has 35 heavy (non-hydrogen) atoms. The molecule has 5 heteroatoms. The lowest BCUT2D eigenvalue weighted by Crippen LogP contribution is -2.46. The van der Waals surface area contributed by atoms with E-state index in [0.29, 0.717) is 0 Å². The van der Waals surface area contributed by atoms with Crippen molar-refractivity contribution in [2.24, 2.45) is 0 Å². The van der Waals surface area contributed by atoms with Gasteiger partial charge in [-0.2, -0.15) is 0 Å². The Kier molecular flexibility index (Phi) is 8.33. The average molecular weight is 486 g/mol. The van der Waals surface area contributed by atoms with Gasteiger partial charge in [0.2, 0.25) is 0 Å². The van der Waals surface area contributed by atoms with E-state index >= 15 is 0 Å². The van der Waals surface area contributed by atoms with Gasteiger partial charge in [-0.1, -0.05) is 121 Å². The quantitative estimate of drug-likeness (QED) is 0.176. The van der Waals surface area contributed by atoms with E-state index in [1.165, 1.54) is 0 Å². The van der Waals surface area contributed by atoms with Gasteiger partial charge >= 0.3 is 7.60 Å². The number of hydrogen-bond donors (Lipinski definition) is 1. The molecular weight excluding hydrogens is 453 g/mol. The van der Waals surface area contributed by atoms with E-state index in [0.717, 1.165) is 22.3 Å². The fourth-order valence-electron chi connectivity index (χ4n) is 4.55. The maximum atomic E-state index is 14.4. The van der Waals surface area contributed by atoms with Crippen molar-refractivity contribution in [3.63, 3.8) is 0 Å². The molecule has 4 aromatic carbocycles. The third-order valence-electron chi connectivity index (χ3n) is 6.02. The Morgan fingerprint density at radius 2 is 0.971 bits per heavy atom.